The highest BCUT2D eigenvalue weighted by Gasteiger charge is 2.28. The van der Waals surface area contributed by atoms with Crippen LogP contribution in [0.2, 0.25) is 0 Å². The summed E-state index contributed by atoms with van der Waals surface area (Å²) in [6, 6.07) is 0. The van der Waals surface area contributed by atoms with E-state index in [9.17, 15) is 14.4 Å². The Morgan fingerprint density at radius 1 is 0.531 bits per heavy atom. The molecule has 1 unspecified atom stereocenters. The van der Waals surface area contributed by atoms with E-state index in [1.807, 2.05) is 0 Å². The minimum atomic E-state index is -4.45. The largest absolute Gasteiger partial charge is 0.469 e. The lowest BCUT2D eigenvalue weighted by Gasteiger charge is -2.28. The molecule has 1 atom stereocenters. The van der Waals surface area contributed by atoms with Crippen molar-refractivity contribution in [3.05, 3.63) is 0 Å². The minimum absolute atomic E-state index is 0.278. The number of rotatable bonds is 25. The highest BCUT2D eigenvalue weighted by atomic mass is 31.2. The number of hydrogen-bond donors (Lipinski definition) is 2. The highest BCUT2D eigenvalue weighted by molar-refractivity contribution is 7.46. The Balaban J connectivity index is 4.66. The summed E-state index contributed by atoms with van der Waals surface area (Å²) in [4.78, 5) is 19.1. The molecular formula is C27H57O4P. The van der Waals surface area contributed by atoms with E-state index in [4.69, 9.17) is 4.52 Å². The third kappa shape index (κ3) is 21.9. The Bertz CT molecular complexity index is 408. The van der Waals surface area contributed by atoms with E-state index in [2.05, 4.69) is 20.8 Å². The van der Waals surface area contributed by atoms with Crippen molar-refractivity contribution in [3.8, 4) is 0 Å². The molecule has 194 valence electrons. The number of phosphoric ester groups is 1. The van der Waals surface area contributed by atoms with Gasteiger partial charge in [0.2, 0.25) is 0 Å². The van der Waals surface area contributed by atoms with E-state index < -0.39 is 7.82 Å². The first-order valence-corrected chi connectivity index (χ1v) is 15.7. The van der Waals surface area contributed by atoms with Crippen molar-refractivity contribution in [2.24, 2.45) is 5.92 Å². The molecule has 5 heteroatoms. The van der Waals surface area contributed by atoms with Gasteiger partial charge in [0.15, 0.2) is 0 Å². The molecule has 0 saturated heterocycles. The summed E-state index contributed by atoms with van der Waals surface area (Å²) in [6.45, 7) is 6.71. The number of phosphoric acid groups is 1. The molecule has 0 aliphatic carbocycles. The molecule has 0 rings (SSSR count). The molecule has 0 aromatic heterocycles. The summed E-state index contributed by atoms with van der Waals surface area (Å²) in [7, 11) is -4.45. The van der Waals surface area contributed by atoms with Gasteiger partial charge in [0.1, 0.15) is 0 Å². The van der Waals surface area contributed by atoms with Gasteiger partial charge in [-0.1, -0.05) is 143 Å². The maximum absolute atomic E-state index is 11.7. The van der Waals surface area contributed by atoms with Crippen molar-refractivity contribution < 1.29 is 18.9 Å². The van der Waals surface area contributed by atoms with Gasteiger partial charge in [-0.05, 0) is 25.2 Å². The molecule has 0 heterocycles. The van der Waals surface area contributed by atoms with Gasteiger partial charge in [-0.3, -0.25) is 4.52 Å². The molecule has 0 aromatic carbocycles. The van der Waals surface area contributed by atoms with Gasteiger partial charge >= 0.3 is 7.82 Å². The maximum Gasteiger partial charge on any atom is 0.469 e. The standard InChI is InChI=1S/C27H57O4P/c1-4-7-10-13-16-19-22-25-27(31-32(28,29)30)26(23-20-17-14-11-8-5-2)24-21-18-15-12-9-6-3/h26-27H,4-25H2,1-3H3,(H2,28,29,30). The van der Waals surface area contributed by atoms with E-state index in [1.165, 1.54) is 96.3 Å². The second-order valence-corrected chi connectivity index (χ2v) is 11.1. The van der Waals surface area contributed by atoms with E-state index in [0.717, 1.165) is 44.9 Å². The normalized spacial score (nSPS) is 13.2. The van der Waals surface area contributed by atoms with Crippen LogP contribution >= 0.6 is 7.82 Å². The zero-order valence-electron chi connectivity index (χ0n) is 21.9. The zero-order chi connectivity index (χ0) is 23.9. The van der Waals surface area contributed by atoms with Crippen molar-refractivity contribution in [2.75, 3.05) is 0 Å². The quantitative estimate of drug-likeness (QED) is 0.102. The first-order chi connectivity index (χ1) is 15.4. The number of unbranched alkanes of at least 4 members (excludes halogenated alkanes) is 16. The first-order valence-electron chi connectivity index (χ1n) is 14.2. The molecule has 32 heavy (non-hydrogen) atoms. The average molecular weight is 477 g/mol. The van der Waals surface area contributed by atoms with Crippen LogP contribution in [0.5, 0.6) is 0 Å². The summed E-state index contributed by atoms with van der Waals surface area (Å²) >= 11 is 0. The smallest absolute Gasteiger partial charge is 0.303 e. The van der Waals surface area contributed by atoms with Crippen LogP contribution in [0.4, 0.5) is 0 Å². The van der Waals surface area contributed by atoms with Crippen molar-refractivity contribution in [3.63, 3.8) is 0 Å². The first kappa shape index (κ1) is 32.1. The predicted molar refractivity (Wildman–Crippen MR) is 139 cm³/mol. The van der Waals surface area contributed by atoms with Gasteiger partial charge in [-0.25, -0.2) is 4.57 Å². The van der Waals surface area contributed by atoms with Gasteiger partial charge in [0.05, 0.1) is 6.10 Å². The summed E-state index contributed by atoms with van der Waals surface area (Å²) < 4.78 is 17.1. The van der Waals surface area contributed by atoms with Gasteiger partial charge < -0.3 is 9.79 Å². The molecule has 0 aliphatic heterocycles. The third-order valence-electron chi connectivity index (χ3n) is 6.75. The maximum atomic E-state index is 11.7. The van der Waals surface area contributed by atoms with E-state index in [1.54, 1.807) is 0 Å². The third-order valence-corrected chi connectivity index (χ3v) is 7.29. The lowest BCUT2D eigenvalue weighted by atomic mass is 9.87. The van der Waals surface area contributed by atoms with Crippen LogP contribution in [0, 0.1) is 5.92 Å². The lowest BCUT2D eigenvalue weighted by Crippen LogP contribution is -2.24. The van der Waals surface area contributed by atoms with Crippen LogP contribution in [-0.4, -0.2) is 15.9 Å². The molecule has 0 aliphatic rings. The predicted octanol–water partition coefficient (Wildman–Crippen LogP) is 9.72. The van der Waals surface area contributed by atoms with E-state index >= 15 is 0 Å². The highest BCUT2D eigenvalue weighted by Crippen LogP contribution is 2.42. The van der Waals surface area contributed by atoms with Crippen molar-refractivity contribution in [2.45, 2.75) is 168 Å². The fraction of sp³-hybridized carbons (Fsp3) is 1.00. The zero-order valence-corrected chi connectivity index (χ0v) is 22.8. The SMILES string of the molecule is CCCCCCCCCC(OP(=O)(O)O)C(CCCCCCCC)CCCCCCCC. The van der Waals surface area contributed by atoms with Crippen molar-refractivity contribution >= 4 is 7.82 Å². The Hall–Kier alpha value is 0.110. The van der Waals surface area contributed by atoms with E-state index in [0.29, 0.717) is 0 Å². The van der Waals surface area contributed by atoms with Gasteiger partial charge in [0.25, 0.3) is 0 Å². The summed E-state index contributed by atoms with van der Waals surface area (Å²) in [5.41, 5.74) is 0. The molecule has 0 amide bonds. The average Bonchev–Trinajstić information content (AvgIpc) is 2.74. The molecule has 0 radical (unpaired) electrons. The second-order valence-electron chi connectivity index (χ2n) is 9.92. The molecular weight excluding hydrogens is 419 g/mol. The van der Waals surface area contributed by atoms with Crippen molar-refractivity contribution in [1.29, 1.82) is 0 Å². The molecule has 0 fully saturated rings. The molecule has 0 saturated carbocycles. The molecule has 0 bridgehead atoms. The Kier molecular flexibility index (Phi) is 23.0. The fourth-order valence-electron chi connectivity index (χ4n) is 4.74. The van der Waals surface area contributed by atoms with Crippen LogP contribution in [0.1, 0.15) is 162 Å². The summed E-state index contributed by atoms with van der Waals surface area (Å²) in [5.74, 6) is 0.278. The van der Waals surface area contributed by atoms with Crippen LogP contribution in [0.15, 0.2) is 0 Å². The Morgan fingerprint density at radius 3 is 1.19 bits per heavy atom. The van der Waals surface area contributed by atoms with Crippen LogP contribution in [0.3, 0.4) is 0 Å². The van der Waals surface area contributed by atoms with Crippen LogP contribution in [0.25, 0.3) is 0 Å². The van der Waals surface area contributed by atoms with Gasteiger partial charge in [-0.15, -0.1) is 0 Å². The Morgan fingerprint density at radius 2 is 0.844 bits per heavy atom. The van der Waals surface area contributed by atoms with Crippen LogP contribution < -0.4 is 0 Å². The minimum Gasteiger partial charge on any atom is -0.303 e. The molecule has 0 spiro atoms. The van der Waals surface area contributed by atoms with Gasteiger partial charge in [-0.2, -0.15) is 0 Å². The van der Waals surface area contributed by atoms with Crippen LogP contribution in [-0.2, 0) is 9.09 Å². The molecule has 0 aromatic rings. The van der Waals surface area contributed by atoms with Crippen molar-refractivity contribution in [1.82, 2.24) is 0 Å². The molecule has 4 nitrogen and oxygen atoms in total. The van der Waals surface area contributed by atoms with E-state index in [-0.39, 0.29) is 12.0 Å². The van der Waals surface area contributed by atoms with Gasteiger partial charge in [0, 0.05) is 0 Å². The second kappa shape index (κ2) is 22.9. The summed E-state index contributed by atoms with van der Waals surface area (Å²) in [6.07, 6.45) is 26.2. The monoisotopic (exact) mass is 476 g/mol. The molecule has 2 N–H and O–H groups in total. The lowest BCUT2D eigenvalue weighted by molar-refractivity contribution is 0.0693. The summed E-state index contributed by atoms with van der Waals surface area (Å²) in [5, 5.41) is 0. The topological polar surface area (TPSA) is 66.8 Å². The number of hydrogen-bond acceptors (Lipinski definition) is 2. The Labute approximate surface area is 200 Å². The fourth-order valence-corrected chi connectivity index (χ4v) is 5.37.